The Bertz CT molecular complexity index is 994. The van der Waals surface area contributed by atoms with E-state index in [-0.39, 0.29) is 30.6 Å². The number of carbonyl (C=O) groups is 1. The second-order valence-corrected chi connectivity index (χ2v) is 9.61. The smallest absolute Gasteiger partial charge is 0.267 e. The first-order valence-corrected chi connectivity index (χ1v) is 11.3. The van der Waals surface area contributed by atoms with E-state index in [1.807, 2.05) is 24.3 Å². The highest BCUT2D eigenvalue weighted by atomic mass is 35.5. The Morgan fingerprint density at radius 3 is 2.54 bits per heavy atom. The summed E-state index contributed by atoms with van der Waals surface area (Å²) in [4.78, 5) is 14.9. The van der Waals surface area contributed by atoms with Crippen molar-refractivity contribution in [2.45, 2.75) is 25.1 Å². The molecule has 28 heavy (non-hydrogen) atoms. The number of carbonyl (C=O) groups excluding carboxylic acids is 1. The van der Waals surface area contributed by atoms with Crippen molar-refractivity contribution in [3.63, 3.8) is 0 Å². The van der Waals surface area contributed by atoms with E-state index in [1.54, 1.807) is 29.2 Å². The van der Waals surface area contributed by atoms with Gasteiger partial charge in [-0.25, -0.2) is 8.42 Å². The van der Waals surface area contributed by atoms with Crippen LogP contribution in [0.15, 0.2) is 48.5 Å². The summed E-state index contributed by atoms with van der Waals surface area (Å²) in [5, 5.41) is 0.535. The molecule has 2 heterocycles. The first kappa shape index (κ1) is 19.1. The Morgan fingerprint density at radius 1 is 1.11 bits per heavy atom. The Hall–Kier alpha value is -2.25. The lowest BCUT2D eigenvalue weighted by Gasteiger charge is -2.34. The lowest BCUT2D eigenvalue weighted by atomic mass is 10.1. The molecule has 0 spiro atoms. The van der Waals surface area contributed by atoms with Gasteiger partial charge in [0.15, 0.2) is 21.3 Å². The van der Waals surface area contributed by atoms with Crippen LogP contribution < -0.4 is 9.47 Å². The number of sulfone groups is 1. The molecule has 0 aromatic heterocycles. The quantitative estimate of drug-likeness (QED) is 0.758. The van der Waals surface area contributed by atoms with E-state index in [2.05, 4.69) is 0 Å². The minimum absolute atomic E-state index is 0.0483. The van der Waals surface area contributed by atoms with Gasteiger partial charge in [-0.2, -0.15) is 0 Å². The number of para-hydroxylation sites is 2. The number of rotatable bonds is 4. The summed E-state index contributed by atoms with van der Waals surface area (Å²) in [5.41, 5.74) is 0.763. The zero-order valence-corrected chi connectivity index (χ0v) is 16.7. The van der Waals surface area contributed by atoms with E-state index < -0.39 is 22.0 Å². The number of ether oxygens (including phenoxy) is 2. The maximum Gasteiger partial charge on any atom is 0.267 e. The minimum atomic E-state index is -3.15. The first-order valence-electron chi connectivity index (χ1n) is 9.06. The van der Waals surface area contributed by atoms with Gasteiger partial charge in [-0.1, -0.05) is 41.9 Å². The van der Waals surface area contributed by atoms with Crippen molar-refractivity contribution < 1.29 is 22.7 Å². The van der Waals surface area contributed by atoms with E-state index in [4.69, 9.17) is 21.1 Å². The standard InChI is InChI=1S/C20H20ClNO5S/c21-16-6-2-1-5-14(16)11-22(15-9-10-28(24,25)13-15)20(23)19-12-26-17-7-3-4-8-18(17)27-19/h1-8,15,19H,9-13H2/t15-,19-/m0/s1. The lowest BCUT2D eigenvalue weighted by molar-refractivity contribution is -0.143. The number of benzene rings is 2. The maximum atomic E-state index is 13.3. The molecule has 0 N–H and O–H groups in total. The molecule has 0 saturated carbocycles. The molecule has 2 aliphatic rings. The number of hydrogen-bond donors (Lipinski definition) is 0. The first-order chi connectivity index (χ1) is 13.4. The third kappa shape index (κ3) is 3.95. The van der Waals surface area contributed by atoms with Gasteiger partial charge < -0.3 is 14.4 Å². The summed E-state index contributed by atoms with van der Waals surface area (Å²) >= 11 is 6.28. The predicted octanol–water partition coefficient (Wildman–Crippen LogP) is 2.70. The Morgan fingerprint density at radius 2 is 1.82 bits per heavy atom. The molecule has 0 bridgehead atoms. The third-order valence-corrected chi connectivity index (χ3v) is 7.13. The fourth-order valence-corrected chi connectivity index (χ4v) is 5.47. The van der Waals surface area contributed by atoms with Crippen LogP contribution in [0.25, 0.3) is 0 Å². The summed E-state index contributed by atoms with van der Waals surface area (Å²) in [6, 6.07) is 14.0. The van der Waals surface area contributed by atoms with Crippen LogP contribution in [-0.4, -0.2) is 49.5 Å². The van der Waals surface area contributed by atoms with Gasteiger partial charge in [0, 0.05) is 17.6 Å². The third-order valence-electron chi connectivity index (χ3n) is 5.01. The van der Waals surface area contributed by atoms with Crippen LogP contribution in [0, 0.1) is 0 Å². The fraction of sp³-hybridized carbons (Fsp3) is 0.350. The van der Waals surface area contributed by atoms with Gasteiger partial charge in [0.2, 0.25) is 6.10 Å². The molecule has 8 heteroatoms. The topological polar surface area (TPSA) is 72.9 Å². The average Bonchev–Trinajstić information content (AvgIpc) is 3.06. The zero-order valence-electron chi connectivity index (χ0n) is 15.1. The molecule has 0 unspecified atom stereocenters. The Labute approximate surface area is 168 Å². The lowest BCUT2D eigenvalue weighted by Crippen LogP contribution is -2.50. The molecular weight excluding hydrogens is 402 g/mol. The minimum Gasteiger partial charge on any atom is -0.485 e. The van der Waals surface area contributed by atoms with Crippen LogP contribution in [0.3, 0.4) is 0 Å². The van der Waals surface area contributed by atoms with Crippen molar-refractivity contribution in [2.75, 3.05) is 18.1 Å². The normalized spacial score (nSPS) is 22.6. The van der Waals surface area contributed by atoms with Gasteiger partial charge in [-0.15, -0.1) is 0 Å². The summed E-state index contributed by atoms with van der Waals surface area (Å²) in [7, 11) is -3.15. The highest BCUT2D eigenvalue weighted by Gasteiger charge is 2.39. The van der Waals surface area contributed by atoms with Crippen molar-refractivity contribution >= 4 is 27.3 Å². The Balaban J connectivity index is 1.60. The molecule has 0 aliphatic carbocycles. The fourth-order valence-electron chi connectivity index (χ4n) is 3.54. The van der Waals surface area contributed by atoms with Gasteiger partial charge >= 0.3 is 0 Å². The second-order valence-electron chi connectivity index (χ2n) is 6.98. The van der Waals surface area contributed by atoms with Gasteiger partial charge in [0.25, 0.3) is 5.91 Å². The molecule has 4 rings (SSSR count). The van der Waals surface area contributed by atoms with Crippen LogP contribution >= 0.6 is 11.6 Å². The second kappa shape index (κ2) is 7.64. The van der Waals surface area contributed by atoms with Gasteiger partial charge in [-0.3, -0.25) is 4.79 Å². The zero-order chi connectivity index (χ0) is 19.7. The summed E-state index contributed by atoms with van der Waals surface area (Å²) in [6.45, 7) is 0.300. The van der Waals surface area contributed by atoms with Crippen molar-refractivity contribution in [3.05, 3.63) is 59.1 Å². The van der Waals surface area contributed by atoms with Crippen molar-refractivity contribution in [1.82, 2.24) is 4.90 Å². The van der Waals surface area contributed by atoms with E-state index in [0.717, 1.165) is 5.56 Å². The largest absolute Gasteiger partial charge is 0.485 e. The number of nitrogens with zero attached hydrogens (tertiary/aromatic N) is 1. The van der Waals surface area contributed by atoms with Gasteiger partial charge in [0.1, 0.15) is 6.61 Å². The predicted molar refractivity (Wildman–Crippen MR) is 105 cm³/mol. The number of halogens is 1. The van der Waals surface area contributed by atoms with Crippen LogP contribution in [0.4, 0.5) is 0 Å². The molecular formula is C20H20ClNO5S. The molecule has 0 radical (unpaired) electrons. The van der Waals surface area contributed by atoms with E-state index >= 15 is 0 Å². The Kier molecular flexibility index (Phi) is 5.21. The summed E-state index contributed by atoms with van der Waals surface area (Å²) in [6.07, 6.45) is -0.427. The highest BCUT2D eigenvalue weighted by Crippen LogP contribution is 2.32. The van der Waals surface area contributed by atoms with Crippen LogP contribution in [-0.2, 0) is 21.2 Å². The number of fused-ring (bicyclic) bond motifs is 1. The van der Waals surface area contributed by atoms with Crippen molar-refractivity contribution in [1.29, 1.82) is 0 Å². The number of amides is 1. The molecule has 2 aromatic rings. The summed E-state index contributed by atoms with van der Waals surface area (Å²) in [5.74, 6) is 0.829. The average molecular weight is 422 g/mol. The van der Waals surface area contributed by atoms with Crippen molar-refractivity contribution in [3.8, 4) is 11.5 Å². The molecule has 1 saturated heterocycles. The van der Waals surface area contributed by atoms with Crippen LogP contribution in [0.5, 0.6) is 11.5 Å². The maximum absolute atomic E-state index is 13.3. The monoisotopic (exact) mass is 421 g/mol. The molecule has 2 aliphatic heterocycles. The van der Waals surface area contributed by atoms with E-state index in [0.29, 0.717) is 22.9 Å². The molecule has 2 aromatic carbocycles. The summed E-state index contributed by atoms with van der Waals surface area (Å²) < 4.78 is 35.5. The van der Waals surface area contributed by atoms with Crippen LogP contribution in [0.1, 0.15) is 12.0 Å². The van der Waals surface area contributed by atoms with Crippen LogP contribution in [0.2, 0.25) is 5.02 Å². The molecule has 6 nitrogen and oxygen atoms in total. The van der Waals surface area contributed by atoms with E-state index in [1.165, 1.54) is 0 Å². The number of hydrogen-bond acceptors (Lipinski definition) is 5. The molecule has 1 fully saturated rings. The van der Waals surface area contributed by atoms with Gasteiger partial charge in [0.05, 0.1) is 11.5 Å². The van der Waals surface area contributed by atoms with E-state index in [9.17, 15) is 13.2 Å². The molecule has 148 valence electrons. The molecule has 2 atom stereocenters. The SMILES string of the molecule is O=C([C@@H]1COc2ccccc2O1)N(Cc1ccccc1Cl)[C@H]1CCS(=O)(=O)C1. The molecule has 1 amide bonds. The highest BCUT2D eigenvalue weighted by molar-refractivity contribution is 7.91. The van der Waals surface area contributed by atoms with Crippen molar-refractivity contribution in [2.24, 2.45) is 0 Å². The van der Waals surface area contributed by atoms with Gasteiger partial charge in [-0.05, 0) is 30.2 Å².